The van der Waals surface area contributed by atoms with E-state index in [-0.39, 0.29) is 30.0 Å². The number of benzene rings is 2. The summed E-state index contributed by atoms with van der Waals surface area (Å²) in [5.74, 6) is 0.189. The molecule has 2 amide bonds. The molecule has 1 aromatic heterocycles. The molecule has 1 saturated heterocycles. The largest absolute Gasteiger partial charge is 0.444 e. The molecule has 0 N–H and O–H groups in total. The van der Waals surface area contributed by atoms with E-state index in [0.717, 1.165) is 5.69 Å². The minimum Gasteiger partial charge on any atom is -0.444 e. The van der Waals surface area contributed by atoms with Crippen LogP contribution in [0.2, 0.25) is 5.02 Å². The number of hydrogen-bond donors (Lipinski definition) is 0. The van der Waals surface area contributed by atoms with Crippen LogP contribution in [0.25, 0.3) is 10.9 Å². The van der Waals surface area contributed by atoms with Gasteiger partial charge in [-0.25, -0.2) is 9.78 Å². The van der Waals surface area contributed by atoms with Gasteiger partial charge in [-0.3, -0.25) is 14.2 Å². The van der Waals surface area contributed by atoms with Gasteiger partial charge in [-0.1, -0.05) is 29.8 Å². The fraction of sp³-hybridized carbons (Fsp3) is 0.429. The lowest BCUT2D eigenvalue weighted by atomic mass is 9.95. The molecule has 3 aromatic rings. The Kier molecular flexibility index (Phi) is 7.87. The van der Waals surface area contributed by atoms with E-state index >= 15 is 0 Å². The van der Waals surface area contributed by atoms with Gasteiger partial charge in [0.2, 0.25) is 5.91 Å². The lowest BCUT2D eigenvalue weighted by Gasteiger charge is -2.35. The quantitative estimate of drug-likeness (QED) is 0.455. The zero-order valence-electron chi connectivity index (χ0n) is 21.7. The van der Waals surface area contributed by atoms with Crippen LogP contribution in [-0.2, 0) is 22.6 Å². The lowest BCUT2D eigenvalue weighted by molar-refractivity contribution is -0.124. The second kappa shape index (κ2) is 10.9. The van der Waals surface area contributed by atoms with Crippen LogP contribution < -0.4 is 10.5 Å². The summed E-state index contributed by atoms with van der Waals surface area (Å²) in [6, 6.07) is 14.5. The molecule has 37 heavy (non-hydrogen) atoms. The number of halogens is 1. The van der Waals surface area contributed by atoms with Crippen molar-refractivity contribution in [3.63, 3.8) is 0 Å². The average molecular weight is 525 g/mol. The number of anilines is 1. The first kappa shape index (κ1) is 26.7. The highest BCUT2D eigenvalue weighted by Gasteiger charge is 2.33. The SMILES string of the molecule is CCn1c(CN(C(=O)C2CCN(C(=O)OC(C)(C)C)CC2)c2ccccc2)nc2ccc(Cl)cc2c1=O. The van der Waals surface area contributed by atoms with Crippen LogP contribution in [0.5, 0.6) is 0 Å². The number of hydrogen-bond acceptors (Lipinski definition) is 5. The van der Waals surface area contributed by atoms with Gasteiger partial charge >= 0.3 is 6.09 Å². The van der Waals surface area contributed by atoms with E-state index in [9.17, 15) is 14.4 Å². The highest BCUT2D eigenvalue weighted by atomic mass is 35.5. The number of carbonyl (C=O) groups is 2. The van der Waals surface area contributed by atoms with Crippen molar-refractivity contribution >= 4 is 40.2 Å². The number of carbonyl (C=O) groups excluding carboxylic acids is 2. The molecule has 0 bridgehead atoms. The van der Waals surface area contributed by atoms with Crippen molar-refractivity contribution in [3.05, 3.63) is 69.7 Å². The Morgan fingerprint density at radius 2 is 1.78 bits per heavy atom. The summed E-state index contributed by atoms with van der Waals surface area (Å²) in [6.07, 6.45) is 0.711. The summed E-state index contributed by atoms with van der Waals surface area (Å²) < 4.78 is 7.08. The zero-order valence-corrected chi connectivity index (χ0v) is 22.5. The van der Waals surface area contributed by atoms with Crippen LogP contribution in [-0.4, -0.2) is 45.1 Å². The van der Waals surface area contributed by atoms with Gasteiger partial charge in [-0.2, -0.15) is 0 Å². The van der Waals surface area contributed by atoms with Crippen molar-refractivity contribution in [1.29, 1.82) is 0 Å². The standard InChI is InChI=1S/C28H33ClN4O4/c1-5-32-24(30-23-12-11-20(29)17-22(23)26(32)35)18-33(21-9-7-6-8-10-21)25(34)19-13-15-31(16-14-19)27(36)37-28(2,3)4/h6-12,17,19H,5,13-16,18H2,1-4H3. The maximum absolute atomic E-state index is 13.9. The van der Waals surface area contributed by atoms with Gasteiger partial charge in [0, 0.05) is 36.3 Å². The molecule has 196 valence electrons. The molecule has 0 unspecified atom stereocenters. The Morgan fingerprint density at radius 3 is 2.41 bits per heavy atom. The first-order chi connectivity index (χ1) is 17.6. The minimum absolute atomic E-state index is 0.0526. The van der Waals surface area contributed by atoms with Crippen LogP contribution in [0.1, 0.15) is 46.4 Å². The second-order valence-electron chi connectivity index (χ2n) is 10.2. The number of para-hydroxylation sites is 1. The number of ether oxygens (including phenoxy) is 1. The molecule has 1 fully saturated rings. The van der Waals surface area contributed by atoms with Gasteiger partial charge < -0.3 is 14.5 Å². The van der Waals surface area contributed by atoms with Crippen molar-refractivity contribution in [2.24, 2.45) is 5.92 Å². The van der Waals surface area contributed by atoms with Gasteiger partial charge in [0.25, 0.3) is 5.56 Å². The average Bonchev–Trinajstić information content (AvgIpc) is 2.87. The topological polar surface area (TPSA) is 84.7 Å². The van der Waals surface area contributed by atoms with E-state index in [1.807, 2.05) is 58.0 Å². The monoisotopic (exact) mass is 524 g/mol. The van der Waals surface area contributed by atoms with Crippen LogP contribution >= 0.6 is 11.6 Å². The number of fused-ring (bicyclic) bond motifs is 1. The molecule has 9 heteroatoms. The summed E-state index contributed by atoms with van der Waals surface area (Å²) in [6.45, 7) is 8.85. The number of nitrogens with zero attached hydrogens (tertiary/aromatic N) is 4. The predicted molar refractivity (Wildman–Crippen MR) is 145 cm³/mol. The van der Waals surface area contributed by atoms with Crippen LogP contribution in [0.4, 0.5) is 10.5 Å². The minimum atomic E-state index is -0.568. The number of piperidine rings is 1. The Labute approximate surface area is 221 Å². The van der Waals surface area contributed by atoms with Crippen molar-refractivity contribution in [3.8, 4) is 0 Å². The van der Waals surface area contributed by atoms with Gasteiger partial charge in [0.1, 0.15) is 11.4 Å². The van der Waals surface area contributed by atoms with Crippen molar-refractivity contribution in [2.45, 2.75) is 59.2 Å². The molecule has 4 rings (SSSR count). The van der Waals surface area contributed by atoms with Gasteiger partial charge in [-0.05, 0) is 70.9 Å². The van der Waals surface area contributed by atoms with E-state index < -0.39 is 5.60 Å². The highest BCUT2D eigenvalue weighted by molar-refractivity contribution is 6.31. The van der Waals surface area contributed by atoms with Crippen LogP contribution in [0.15, 0.2) is 53.3 Å². The summed E-state index contributed by atoms with van der Waals surface area (Å²) in [4.78, 5) is 47.7. The van der Waals surface area contributed by atoms with E-state index in [2.05, 4.69) is 0 Å². The lowest BCUT2D eigenvalue weighted by Crippen LogP contribution is -2.46. The molecule has 2 heterocycles. The Hall–Kier alpha value is -3.39. The fourth-order valence-corrected chi connectivity index (χ4v) is 4.76. The molecule has 0 radical (unpaired) electrons. The molecule has 0 saturated carbocycles. The smallest absolute Gasteiger partial charge is 0.410 e. The summed E-state index contributed by atoms with van der Waals surface area (Å²) in [5, 5.41) is 0.922. The Balaban J connectivity index is 1.61. The second-order valence-corrected chi connectivity index (χ2v) is 10.7. The molecule has 8 nitrogen and oxygen atoms in total. The maximum atomic E-state index is 13.9. The van der Waals surface area contributed by atoms with Crippen LogP contribution in [0, 0.1) is 5.92 Å². The predicted octanol–water partition coefficient (Wildman–Crippen LogP) is 5.25. The Morgan fingerprint density at radius 1 is 1.11 bits per heavy atom. The molecular formula is C28H33ClN4O4. The summed E-state index contributed by atoms with van der Waals surface area (Å²) in [7, 11) is 0. The van der Waals surface area contributed by atoms with E-state index in [4.69, 9.17) is 21.3 Å². The van der Waals surface area contributed by atoms with Crippen LogP contribution in [0.3, 0.4) is 0 Å². The normalized spacial score (nSPS) is 14.6. The zero-order chi connectivity index (χ0) is 26.7. The van der Waals surface area contributed by atoms with E-state index in [1.54, 1.807) is 32.6 Å². The third-order valence-electron chi connectivity index (χ3n) is 6.44. The Bertz CT molecular complexity index is 1340. The highest BCUT2D eigenvalue weighted by Crippen LogP contribution is 2.26. The van der Waals surface area contributed by atoms with Crippen molar-refractivity contribution < 1.29 is 14.3 Å². The number of aromatic nitrogens is 2. The van der Waals surface area contributed by atoms with Gasteiger partial charge in [0.05, 0.1) is 17.4 Å². The molecular weight excluding hydrogens is 492 g/mol. The third-order valence-corrected chi connectivity index (χ3v) is 6.68. The molecule has 0 spiro atoms. The van der Waals surface area contributed by atoms with Gasteiger partial charge in [-0.15, -0.1) is 0 Å². The maximum Gasteiger partial charge on any atom is 0.410 e. The van der Waals surface area contributed by atoms with Crippen molar-refractivity contribution in [1.82, 2.24) is 14.5 Å². The first-order valence-electron chi connectivity index (χ1n) is 12.6. The number of likely N-dealkylation sites (tertiary alicyclic amines) is 1. The first-order valence-corrected chi connectivity index (χ1v) is 13.0. The number of amides is 2. The van der Waals surface area contributed by atoms with Crippen molar-refractivity contribution in [2.75, 3.05) is 18.0 Å². The summed E-state index contributed by atoms with van der Waals surface area (Å²) in [5.41, 5.74) is 0.521. The summed E-state index contributed by atoms with van der Waals surface area (Å²) >= 11 is 6.12. The van der Waals surface area contributed by atoms with E-state index in [0.29, 0.717) is 54.2 Å². The fourth-order valence-electron chi connectivity index (χ4n) is 4.59. The van der Waals surface area contributed by atoms with Gasteiger partial charge in [0.15, 0.2) is 0 Å². The molecule has 1 aliphatic heterocycles. The molecule has 0 aliphatic carbocycles. The molecule has 2 aromatic carbocycles. The molecule has 0 atom stereocenters. The number of rotatable bonds is 5. The molecule has 1 aliphatic rings. The van der Waals surface area contributed by atoms with E-state index in [1.165, 1.54) is 0 Å². The third kappa shape index (κ3) is 6.13.